The molecule has 28 heavy (non-hydrogen) atoms. The third-order valence-electron chi connectivity index (χ3n) is 4.01. The standard InChI is InChI=1S/C21H18ClN3O3/c1-2-28-21(27)16-5-7-17(8-6-16)25(14-15-9-12-23-13-10-15)20(26)18-4-3-11-24-19(18)22/h3-13H,2,14H2,1H3. The van der Waals surface area contributed by atoms with Crippen LogP contribution >= 0.6 is 11.6 Å². The second-order valence-electron chi connectivity index (χ2n) is 5.86. The van der Waals surface area contributed by atoms with Gasteiger partial charge in [-0.2, -0.15) is 0 Å². The van der Waals surface area contributed by atoms with Crippen molar-refractivity contribution in [2.24, 2.45) is 0 Å². The lowest BCUT2D eigenvalue weighted by atomic mass is 10.1. The van der Waals surface area contributed by atoms with E-state index in [0.29, 0.717) is 30.0 Å². The first-order chi connectivity index (χ1) is 13.6. The minimum atomic E-state index is -0.406. The summed E-state index contributed by atoms with van der Waals surface area (Å²) in [6, 6.07) is 13.6. The van der Waals surface area contributed by atoms with Crippen LogP contribution in [0.15, 0.2) is 67.1 Å². The molecule has 0 aliphatic rings. The molecule has 3 rings (SSSR count). The molecule has 7 heteroatoms. The summed E-state index contributed by atoms with van der Waals surface area (Å²) in [5, 5.41) is 0.135. The lowest BCUT2D eigenvalue weighted by Gasteiger charge is -2.23. The second kappa shape index (κ2) is 9.10. The molecule has 0 saturated heterocycles. The molecular formula is C21H18ClN3O3. The Bertz CT molecular complexity index is 962. The lowest BCUT2D eigenvalue weighted by Crippen LogP contribution is -2.30. The van der Waals surface area contributed by atoms with Crippen LogP contribution in [0.25, 0.3) is 0 Å². The number of nitrogens with zero attached hydrogens (tertiary/aromatic N) is 3. The molecule has 0 spiro atoms. The van der Waals surface area contributed by atoms with Crippen molar-refractivity contribution >= 4 is 29.2 Å². The number of pyridine rings is 2. The predicted octanol–water partition coefficient (Wildman–Crippen LogP) is 4.15. The largest absolute Gasteiger partial charge is 0.462 e. The van der Waals surface area contributed by atoms with Gasteiger partial charge >= 0.3 is 5.97 Å². The minimum absolute atomic E-state index is 0.135. The molecule has 3 aromatic rings. The molecule has 0 aliphatic heterocycles. The van der Waals surface area contributed by atoms with Crippen LogP contribution in [0, 0.1) is 0 Å². The average Bonchev–Trinajstić information content (AvgIpc) is 2.73. The van der Waals surface area contributed by atoms with Crippen LogP contribution in [-0.4, -0.2) is 28.5 Å². The molecule has 6 nitrogen and oxygen atoms in total. The van der Waals surface area contributed by atoms with Crippen molar-refractivity contribution in [3.05, 3.63) is 89.0 Å². The highest BCUT2D eigenvalue weighted by Crippen LogP contribution is 2.23. The van der Waals surface area contributed by atoms with Gasteiger partial charge in [-0.25, -0.2) is 9.78 Å². The van der Waals surface area contributed by atoms with E-state index in [0.717, 1.165) is 5.56 Å². The fraction of sp³-hybridized carbons (Fsp3) is 0.143. The first kappa shape index (κ1) is 19.5. The molecule has 0 aliphatic carbocycles. The number of hydrogen-bond acceptors (Lipinski definition) is 5. The van der Waals surface area contributed by atoms with E-state index >= 15 is 0 Å². The number of esters is 1. The summed E-state index contributed by atoms with van der Waals surface area (Å²) in [6.07, 6.45) is 4.86. The summed E-state index contributed by atoms with van der Waals surface area (Å²) in [7, 11) is 0. The molecule has 0 radical (unpaired) electrons. The van der Waals surface area contributed by atoms with Crippen molar-refractivity contribution in [1.82, 2.24) is 9.97 Å². The highest BCUT2D eigenvalue weighted by Gasteiger charge is 2.21. The Morgan fingerprint density at radius 3 is 2.39 bits per heavy atom. The van der Waals surface area contributed by atoms with Crippen LogP contribution < -0.4 is 4.90 Å². The molecule has 1 aromatic carbocycles. The van der Waals surface area contributed by atoms with Gasteiger partial charge in [0.1, 0.15) is 5.15 Å². The molecule has 2 heterocycles. The fourth-order valence-electron chi connectivity index (χ4n) is 2.63. The van der Waals surface area contributed by atoms with Gasteiger partial charge in [-0.15, -0.1) is 0 Å². The van der Waals surface area contributed by atoms with Crippen molar-refractivity contribution < 1.29 is 14.3 Å². The van der Waals surface area contributed by atoms with E-state index in [2.05, 4.69) is 9.97 Å². The van der Waals surface area contributed by atoms with E-state index in [1.54, 1.807) is 60.6 Å². The Balaban J connectivity index is 1.95. The van der Waals surface area contributed by atoms with E-state index in [9.17, 15) is 9.59 Å². The first-order valence-corrected chi connectivity index (χ1v) is 9.06. The number of carbonyl (C=O) groups excluding carboxylic acids is 2. The first-order valence-electron chi connectivity index (χ1n) is 8.68. The smallest absolute Gasteiger partial charge is 0.338 e. The molecule has 0 fully saturated rings. The van der Waals surface area contributed by atoms with E-state index < -0.39 is 5.97 Å². The van der Waals surface area contributed by atoms with Crippen molar-refractivity contribution in [2.75, 3.05) is 11.5 Å². The number of aromatic nitrogens is 2. The molecule has 0 atom stereocenters. The second-order valence-corrected chi connectivity index (χ2v) is 6.21. The maximum Gasteiger partial charge on any atom is 0.338 e. The van der Waals surface area contributed by atoms with Gasteiger partial charge in [-0.05, 0) is 61.0 Å². The topological polar surface area (TPSA) is 72.4 Å². The van der Waals surface area contributed by atoms with Crippen molar-refractivity contribution in [3.63, 3.8) is 0 Å². The van der Waals surface area contributed by atoms with Crippen molar-refractivity contribution in [2.45, 2.75) is 13.5 Å². The summed E-state index contributed by atoms with van der Waals surface area (Å²) >= 11 is 6.13. The Labute approximate surface area is 167 Å². The van der Waals surface area contributed by atoms with Crippen molar-refractivity contribution in [3.8, 4) is 0 Å². The fourth-order valence-corrected chi connectivity index (χ4v) is 2.83. The van der Waals surface area contributed by atoms with Crippen LogP contribution in [0.5, 0.6) is 0 Å². The number of ether oxygens (including phenoxy) is 1. The molecule has 0 saturated carbocycles. The monoisotopic (exact) mass is 395 g/mol. The van der Waals surface area contributed by atoms with Crippen LogP contribution in [0.1, 0.15) is 33.2 Å². The van der Waals surface area contributed by atoms with Gasteiger partial charge in [0, 0.05) is 24.3 Å². The normalized spacial score (nSPS) is 10.4. The van der Waals surface area contributed by atoms with E-state index in [-0.39, 0.29) is 11.1 Å². The third-order valence-corrected chi connectivity index (χ3v) is 4.32. The lowest BCUT2D eigenvalue weighted by molar-refractivity contribution is 0.0526. The number of rotatable bonds is 6. The summed E-state index contributed by atoms with van der Waals surface area (Å²) < 4.78 is 5.00. The predicted molar refractivity (Wildman–Crippen MR) is 106 cm³/mol. The highest BCUT2D eigenvalue weighted by atomic mass is 35.5. The quantitative estimate of drug-likeness (QED) is 0.463. The van der Waals surface area contributed by atoms with Crippen LogP contribution in [0.3, 0.4) is 0 Å². The van der Waals surface area contributed by atoms with Gasteiger partial charge in [0.15, 0.2) is 0 Å². The number of amides is 1. The molecule has 0 N–H and O–H groups in total. The Morgan fingerprint density at radius 2 is 1.75 bits per heavy atom. The van der Waals surface area contributed by atoms with Crippen LogP contribution in [0.4, 0.5) is 5.69 Å². The number of anilines is 1. The number of benzene rings is 1. The molecule has 0 unspecified atom stereocenters. The van der Waals surface area contributed by atoms with Gasteiger partial charge in [-0.3, -0.25) is 9.78 Å². The van der Waals surface area contributed by atoms with Gasteiger partial charge in [-0.1, -0.05) is 11.6 Å². The maximum absolute atomic E-state index is 13.2. The summed E-state index contributed by atoms with van der Waals surface area (Å²) in [5.41, 5.74) is 2.24. The third kappa shape index (κ3) is 4.53. The Morgan fingerprint density at radius 1 is 1.04 bits per heavy atom. The zero-order chi connectivity index (χ0) is 19.9. The summed E-state index contributed by atoms with van der Waals surface area (Å²) in [6.45, 7) is 2.36. The zero-order valence-corrected chi connectivity index (χ0v) is 16.0. The zero-order valence-electron chi connectivity index (χ0n) is 15.2. The van der Waals surface area contributed by atoms with Crippen LogP contribution in [0.2, 0.25) is 5.15 Å². The van der Waals surface area contributed by atoms with Gasteiger partial charge in [0.05, 0.1) is 24.3 Å². The van der Waals surface area contributed by atoms with Gasteiger partial charge in [0.25, 0.3) is 5.91 Å². The molecule has 2 aromatic heterocycles. The summed E-state index contributed by atoms with van der Waals surface area (Å²) in [4.78, 5) is 34.6. The number of hydrogen-bond donors (Lipinski definition) is 0. The Hall–Kier alpha value is -3.25. The maximum atomic E-state index is 13.2. The number of carbonyl (C=O) groups is 2. The minimum Gasteiger partial charge on any atom is -0.462 e. The van der Waals surface area contributed by atoms with Gasteiger partial charge in [0.2, 0.25) is 0 Å². The van der Waals surface area contributed by atoms with E-state index in [1.807, 2.05) is 12.1 Å². The molecular weight excluding hydrogens is 378 g/mol. The molecule has 0 bridgehead atoms. The highest BCUT2D eigenvalue weighted by molar-refractivity contribution is 6.33. The van der Waals surface area contributed by atoms with Crippen LogP contribution in [-0.2, 0) is 11.3 Å². The Kier molecular flexibility index (Phi) is 6.34. The molecule has 142 valence electrons. The van der Waals surface area contributed by atoms with Gasteiger partial charge < -0.3 is 9.64 Å². The molecule has 1 amide bonds. The van der Waals surface area contributed by atoms with E-state index in [4.69, 9.17) is 16.3 Å². The summed E-state index contributed by atoms with van der Waals surface area (Å²) in [5.74, 6) is -0.699. The SMILES string of the molecule is CCOC(=O)c1ccc(N(Cc2ccncc2)C(=O)c2cccnc2Cl)cc1. The number of halogens is 1. The van der Waals surface area contributed by atoms with E-state index in [1.165, 1.54) is 6.20 Å². The average molecular weight is 396 g/mol. The van der Waals surface area contributed by atoms with Crippen molar-refractivity contribution in [1.29, 1.82) is 0 Å².